The van der Waals surface area contributed by atoms with Gasteiger partial charge in [0, 0.05) is 31.2 Å². The van der Waals surface area contributed by atoms with Gasteiger partial charge in [-0.2, -0.15) is 0 Å². The predicted octanol–water partition coefficient (Wildman–Crippen LogP) is 3.09. The molecule has 0 aliphatic carbocycles. The Kier molecular flexibility index (Phi) is 12.5. The highest BCUT2D eigenvalue weighted by molar-refractivity contribution is 7.59. The minimum absolute atomic E-state index is 0.0529. The average Bonchev–Trinajstić information content (AvgIpc) is 3.08. The van der Waals surface area contributed by atoms with E-state index in [-0.39, 0.29) is 6.61 Å². The number of benzene rings is 2. The van der Waals surface area contributed by atoms with Crippen LogP contribution in [0, 0.1) is 11.6 Å². The van der Waals surface area contributed by atoms with Crippen molar-refractivity contribution in [3.63, 3.8) is 0 Å². The van der Waals surface area contributed by atoms with Crippen LogP contribution in [0.25, 0.3) is 10.4 Å². The van der Waals surface area contributed by atoms with E-state index in [0.29, 0.717) is 17.7 Å². The van der Waals surface area contributed by atoms with Crippen LogP contribution in [0.1, 0.15) is 43.0 Å². The Balaban J connectivity index is 1.58. The lowest BCUT2D eigenvalue weighted by molar-refractivity contribution is -0.355. The van der Waals surface area contributed by atoms with Gasteiger partial charge in [0.15, 0.2) is 30.9 Å². The van der Waals surface area contributed by atoms with E-state index in [2.05, 4.69) is 10.0 Å². The van der Waals surface area contributed by atoms with Crippen LogP contribution in [0.3, 0.4) is 0 Å². The standard InChI is InChI=1S/C32H33F2N3O13S/c1-14(38)42-12-21-25(44-15(2)39)27(45-16(3)40)28(48-29(41)19-11-18(33)9-10-20(19)34)31(46-21)50-26-23(36-37-35)32(51)47-22-13-43-30(49-24(22)26)17-7-5-4-6-8-17/h4-11,21-28,30-32,51H,12-13H2,1-3H3/p-1/t21-,22-,23-,24+,25+,26-,27+,28-,30?,31+,32+/m1/s1. The lowest BCUT2D eigenvalue weighted by atomic mass is 9.95. The monoisotopic (exact) mass is 736 g/mol. The first kappa shape index (κ1) is 37.9. The van der Waals surface area contributed by atoms with Gasteiger partial charge in [-0.1, -0.05) is 35.4 Å². The molecule has 5 rings (SSSR count). The molecule has 2 aromatic rings. The van der Waals surface area contributed by atoms with E-state index in [1.54, 1.807) is 30.3 Å². The number of esters is 4. The number of rotatable bonds is 10. The summed E-state index contributed by atoms with van der Waals surface area (Å²) >= 11 is 5.48. The highest BCUT2D eigenvalue weighted by atomic mass is 32.1. The highest BCUT2D eigenvalue weighted by Gasteiger charge is 2.56. The number of halogens is 2. The third-order valence-electron chi connectivity index (χ3n) is 7.89. The maximum Gasteiger partial charge on any atom is 0.341 e. The number of carbonyl (C=O) groups excluding carboxylic acids is 4. The number of ether oxygens (including phenoxy) is 9. The molecule has 3 aliphatic rings. The van der Waals surface area contributed by atoms with Crippen LogP contribution in [-0.4, -0.2) is 97.6 Å². The highest BCUT2D eigenvalue weighted by Crippen LogP contribution is 2.39. The Hall–Kier alpha value is -4.36. The van der Waals surface area contributed by atoms with Crippen LogP contribution in [0.15, 0.2) is 53.6 Å². The van der Waals surface area contributed by atoms with Gasteiger partial charge in [0.25, 0.3) is 0 Å². The van der Waals surface area contributed by atoms with Gasteiger partial charge >= 0.3 is 23.9 Å². The van der Waals surface area contributed by atoms with Crippen molar-refractivity contribution in [2.75, 3.05) is 13.2 Å². The second-order valence-electron chi connectivity index (χ2n) is 11.5. The van der Waals surface area contributed by atoms with E-state index in [1.165, 1.54) is 0 Å². The first-order valence-electron chi connectivity index (χ1n) is 15.5. The molecular weight excluding hydrogens is 704 g/mol. The number of nitrogens with zero attached hydrogens (tertiary/aromatic N) is 3. The Bertz CT molecular complexity index is 1650. The topological polar surface area (TPSA) is 200 Å². The zero-order valence-corrected chi connectivity index (χ0v) is 28.0. The van der Waals surface area contributed by atoms with Crippen LogP contribution in [0.2, 0.25) is 0 Å². The summed E-state index contributed by atoms with van der Waals surface area (Å²) < 4.78 is 81.0. The Morgan fingerprint density at radius 3 is 2.27 bits per heavy atom. The van der Waals surface area contributed by atoms with E-state index >= 15 is 0 Å². The molecule has 3 aliphatic heterocycles. The number of fused-ring (bicyclic) bond motifs is 1. The van der Waals surface area contributed by atoms with Gasteiger partial charge in [-0.25, -0.2) is 13.6 Å². The number of azide groups is 1. The summed E-state index contributed by atoms with van der Waals surface area (Å²) in [7, 11) is 0. The van der Waals surface area contributed by atoms with Crippen molar-refractivity contribution in [2.45, 2.75) is 87.6 Å². The third kappa shape index (κ3) is 9.12. The molecule has 51 heavy (non-hydrogen) atoms. The molecule has 1 unspecified atom stereocenters. The third-order valence-corrected chi connectivity index (χ3v) is 8.28. The molecule has 16 nitrogen and oxygen atoms in total. The van der Waals surface area contributed by atoms with E-state index in [4.69, 9.17) is 55.3 Å². The molecule has 3 saturated heterocycles. The number of carbonyl (C=O) groups is 4. The molecule has 0 spiro atoms. The summed E-state index contributed by atoms with van der Waals surface area (Å²) in [6.07, 6.45) is -12.8. The molecule has 0 radical (unpaired) electrons. The van der Waals surface area contributed by atoms with Gasteiger partial charge in [0.1, 0.15) is 36.6 Å². The molecular formula is C32H32F2N3O13S-. The Morgan fingerprint density at radius 1 is 0.902 bits per heavy atom. The van der Waals surface area contributed by atoms with Gasteiger partial charge in [0.2, 0.25) is 0 Å². The molecule has 0 bridgehead atoms. The lowest BCUT2D eigenvalue weighted by Gasteiger charge is -2.52. The predicted molar refractivity (Wildman–Crippen MR) is 166 cm³/mol. The van der Waals surface area contributed by atoms with Crippen molar-refractivity contribution in [1.29, 1.82) is 0 Å². The van der Waals surface area contributed by atoms with Crippen LogP contribution in [-0.2, 0) is 69.6 Å². The van der Waals surface area contributed by atoms with E-state index in [9.17, 15) is 33.5 Å². The zero-order valence-electron chi connectivity index (χ0n) is 27.2. The zero-order chi connectivity index (χ0) is 36.8. The molecule has 2 aromatic carbocycles. The largest absolute Gasteiger partial charge is 0.761 e. The molecule has 0 saturated carbocycles. The van der Waals surface area contributed by atoms with Gasteiger partial charge in [-0.05, 0) is 29.2 Å². The Labute approximate surface area is 294 Å². The van der Waals surface area contributed by atoms with E-state index < -0.39 is 114 Å². The van der Waals surface area contributed by atoms with Crippen molar-refractivity contribution in [1.82, 2.24) is 0 Å². The smallest absolute Gasteiger partial charge is 0.341 e. The minimum Gasteiger partial charge on any atom is -0.761 e. The summed E-state index contributed by atoms with van der Waals surface area (Å²) in [6.45, 7) is 2.49. The summed E-state index contributed by atoms with van der Waals surface area (Å²) in [5, 5.41) is 3.78. The molecule has 3 fully saturated rings. The summed E-state index contributed by atoms with van der Waals surface area (Å²) in [4.78, 5) is 52.8. The lowest BCUT2D eigenvalue weighted by Crippen LogP contribution is -2.67. The van der Waals surface area contributed by atoms with E-state index in [1.807, 2.05) is 0 Å². The minimum atomic E-state index is -1.90. The van der Waals surface area contributed by atoms with Gasteiger partial charge < -0.3 is 55.3 Å². The number of hydrogen-bond acceptors (Lipinski definition) is 15. The maximum absolute atomic E-state index is 14.7. The summed E-state index contributed by atoms with van der Waals surface area (Å²) in [5.74, 6) is -6.19. The van der Waals surface area contributed by atoms with Crippen LogP contribution in [0.5, 0.6) is 0 Å². The van der Waals surface area contributed by atoms with Gasteiger partial charge in [-0.3, -0.25) is 14.4 Å². The summed E-state index contributed by atoms with van der Waals surface area (Å²) in [5.41, 5.74) is 8.03. The van der Waals surface area contributed by atoms with Crippen LogP contribution >= 0.6 is 0 Å². The quantitative estimate of drug-likeness (QED) is 0.0860. The van der Waals surface area contributed by atoms with Gasteiger partial charge in [0.05, 0.1) is 24.3 Å². The second-order valence-corrected chi connectivity index (χ2v) is 12.0. The second kappa shape index (κ2) is 16.8. The van der Waals surface area contributed by atoms with Crippen molar-refractivity contribution in [3.05, 3.63) is 81.7 Å². The number of hydrogen-bond donors (Lipinski definition) is 0. The first-order chi connectivity index (χ1) is 24.4. The van der Waals surface area contributed by atoms with Crippen molar-refractivity contribution in [3.8, 4) is 0 Å². The maximum atomic E-state index is 14.7. The fraction of sp³-hybridized carbons (Fsp3) is 0.500. The van der Waals surface area contributed by atoms with Crippen LogP contribution in [0.4, 0.5) is 8.78 Å². The normalized spacial score (nSPS) is 31.6. The molecule has 11 atom stereocenters. The molecule has 0 N–H and O–H groups in total. The van der Waals surface area contributed by atoms with Crippen molar-refractivity contribution < 1.29 is 70.6 Å². The first-order valence-corrected chi connectivity index (χ1v) is 16.0. The average molecular weight is 737 g/mol. The molecule has 0 amide bonds. The van der Waals surface area contributed by atoms with Gasteiger partial charge in [-0.15, -0.1) is 0 Å². The molecule has 3 heterocycles. The Morgan fingerprint density at radius 2 is 1.61 bits per heavy atom. The van der Waals surface area contributed by atoms with Crippen molar-refractivity contribution in [2.24, 2.45) is 5.11 Å². The van der Waals surface area contributed by atoms with Crippen molar-refractivity contribution >= 4 is 36.5 Å². The molecule has 0 aromatic heterocycles. The summed E-state index contributed by atoms with van der Waals surface area (Å²) in [6, 6.07) is 9.55. The molecule has 274 valence electrons. The van der Waals surface area contributed by atoms with E-state index in [0.717, 1.165) is 26.8 Å². The fourth-order valence-electron chi connectivity index (χ4n) is 5.78. The SMILES string of the molecule is CC(=O)OC[C@H]1O[C@@H](O[C@@H]2[C@@H](N=[N+]=[N-])[C@H]([S-])O[C@@H]3COC(c4ccccc4)O[C@H]23)[C@H](OC(=O)c2cc(F)ccc2F)[C@@H](OC(C)=O)[C@H]1OC(C)=O. The fourth-order valence-corrected chi connectivity index (χ4v) is 6.13. The molecule has 19 heteroatoms. The van der Waals surface area contributed by atoms with Crippen LogP contribution < -0.4 is 0 Å².